The lowest BCUT2D eigenvalue weighted by molar-refractivity contribution is 0.0946. The Bertz CT molecular complexity index is 641. The summed E-state index contributed by atoms with van der Waals surface area (Å²) in [5.74, 6) is -0.752. The second kappa shape index (κ2) is 5.68. The molecule has 0 atom stereocenters. The molecule has 0 saturated carbocycles. The van der Waals surface area contributed by atoms with Crippen molar-refractivity contribution in [2.24, 2.45) is 5.10 Å². The van der Waals surface area contributed by atoms with Crippen LogP contribution in [0, 0.1) is 0 Å². The number of nitrogens with zero attached hydrogens (tertiary/aromatic N) is 3. The second-order valence-corrected chi connectivity index (χ2v) is 4.21. The minimum Gasteiger partial charge on any atom is -0.379 e. The molecule has 0 aliphatic rings. The zero-order chi connectivity index (χ0) is 13.8. The average Bonchev–Trinajstić information content (AvgIpc) is 2.78. The molecule has 0 unspecified atom stereocenters. The number of hydrogen-bond donors (Lipinski definition) is 2. The van der Waals surface area contributed by atoms with Crippen LogP contribution in [0.5, 0.6) is 0 Å². The third-order valence-electron chi connectivity index (χ3n) is 2.06. The molecular formula is C10H7Cl2N5O2. The summed E-state index contributed by atoms with van der Waals surface area (Å²) in [5.41, 5.74) is 8.02. The zero-order valence-electron chi connectivity index (χ0n) is 9.30. The third kappa shape index (κ3) is 3.21. The third-order valence-corrected chi connectivity index (χ3v) is 2.62. The summed E-state index contributed by atoms with van der Waals surface area (Å²) in [7, 11) is 0. The van der Waals surface area contributed by atoms with Crippen molar-refractivity contribution < 1.29 is 9.42 Å². The highest BCUT2D eigenvalue weighted by molar-refractivity contribution is 6.36. The first-order valence-corrected chi connectivity index (χ1v) is 5.70. The van der Waals surface area contributed by atoms with Crippen LogP contribution in [0.3, 0.4) is 0 Å². The largest absolute Gasteiger partial charge is 0.379 e. The number of carbonyl (C=O) groups is 1. The van der Waals surface area contributed by atoms with Gasteiger partial charge in [0.1, 0.15) is 0 Å². The molecule has 19 heavy (non-hydrogen) atoms. The summed E-state index contributed by atoms with van der Waals surface area (Å²) >= 11 is 11.7. The molecule has 2 rings (SSSR count). The quantitative estimate of drug-likeness (QED) is 0.663. The number of amides is 1. The SMILES string of the molecule is Nc1nonc1C(=O)N/N=C/c1ccc(Cl)cc1Cl. The average molecular weight is 300 g/mol. The van der Waals surface area contributed by atoms with Gasteiger partial charge in [-0.2, -0.15) is 5.10 Å². The second-order valence-electron chi connectivity index (χ2n) is 3.36. The van der Waals surface area contributed by atoms with Gasteiger partial charge in [0.05, 0.1) is 11.2 Å². The minimum absolute atomic E-state index is 0.114. The van der Waals surface area contributed by atoms with Crippen molar-refractivity contribution in [3.8, 4) is 0 Å². The van der Waals surface area contributed by atoms with E-state index in [-0.39, 0.29) is 11.5 Å². The molecule has 1 aromatic heterocycles. The molecule has 98 valence electrons. The van der Waals surface area contributed by atoms with Gasteiger partial charge in [-0.1, -0.05) is 29.3 Å². The summed E-state index contributed by atoms with van der Waals surface area (Å²) in [6.07, 6.45) is 1.36. The van der Waals surface area contributed by atoms with Crippen molar-refractivity contribution in [1.82, 2.24) is 15.7 Å². The van der Waals surface area contributed by atoms with E-state index in [1.54, 1.807) is 18.2 Å². The molecule has 0 saturated heterocycles. The van der Waals surface area contributed by atoms with E-state index < -0.39 is 5.91 Å². The van der Waals surface area contributed by atoms with E-state index in [0.717, 1.165) is 0 Å². The fourth-order valence-corrected chi connectivity index (χ4v) is 1.63. The number of hydrogen-bond acceptors (Lipinski definition) is 6. The first-order valence-electron chi connectivity index (χ1n) is 4.94. The highest BCUT2D eigenvalue weighted by Gasteiger charge is 2.14. The van der Waals surface area contributed by atoms with Gasteiger partial charge in [-0.15, -0.1) is 0 Å². The predicted octanol–water partition coefficient (Wildman–Crippen LogP) is 1.72. The first-order chi connectivity index (χ1) is 9.08. The number of rotatable bonds is 3. The maximum absolute atomic E-state index is 11.5. The van der Waals surface area contributed by atoms with E-state index in [9.17, 15) is 4.79 Å². The number of anilines is 1. The maximum atomic E-state index is 11.5. The Morgan fingerprint density at radius 2 is 2.21 bits per heavy atom. The normalized spacial score (nSPS) is 10.8. The zero-order valence-corrected chi connectivity index (χ0v) is 10.8. The van der Waals surface area contributed by atoms with Crippen LogP contribution >= 0.6 is 23.2 Å². The Hall–Kier alpha value is -2.12. The molecule has 2 aromatic rings. The summed E-state index contributed by atoms with van der Waals surface area (Å²) in [4.78, 5) is 11.5. The van der Waals surface area contributed by atoms with Crippen molar-refractivity contribution in [3.63, 3.8) is 0 Å². The Morgan fingerprint density at radius 1 is 1.42 bits per heavy atom. The van der Waals surface area contributed by atoms with Gasteiger partial charge >= 0.3 is 0 Å². The smallest absolute Gasteiger partial charge is 0.297 e. The van der Waals surface area contributed by atoms with Crippen LogP contribution in [0.1, 0.15) is 16.1 Å². The summed E-state index contributed by atoms with van der Waals surface area (Å²) in [6, 6.07) is 4.87. The van der Waals surface area contributed by atoms with E-state index in [1.807, 2.05) is 0 Å². The molecule has 0 bridgehead atoms. The number of hydrazone groups is 1. The molecule has 1 aromatic carbocycles. The number of benzene rings is 1. The molecule has 0 radical (unpaired) electrons. The number of nitrogens with one attached hydrogen (secondary N) is 1. The molecule has 7 nitrogen and oxygen atoms in total. The minimum atomic E-state index is -0.639. The molecule has 1 heterocycles. The van der Waals surface area contributed by atoms with E-state index >= 15 is 0 Å². The molecule has 0 fully saturated rings. The van der Waals surface area contributed by atoms with Gasteiger partial charge < -0.3 is 5.73 Å². The van der Waals surface area contributed by atoms with Crippen LogP contribution in [-0.2, 0) is 0 Å². The molecule has 0 aliphatic heterocycles. The van der Waals surface area contributed by atoms with Crippen molar-refractivity contribution in [2.45, 2.75) is 0 Å². The molecule has 9 heteroatoms. The number of nitrogen functional groups attached to an aromatic ring is 1. The van der Waals surface area contributed by atoms with Crippen LogP contribution < -0.4 is 11.2 Å². The molecule has 3 N–H and O–H groups in total. The van der Waals surface area contributed by atoms with Crippen LogP contribution in [-0.4, -0.2) is 22.4 Å². The first kappa shape index (κ1) is 13.3. The van der Waals surface area contributed by atoms with Crippen LogP contribution in [0.4, 0.5) is 5.82 Å². The van der Waals surface area contributed by atoms with Crippen LogP contribution in [0.15, 0.2) is 27.9 Å². The Balaban J connectivity index is 2.04. The van der Waals surface area contributed by atoms with E-state index in [0.29, 0.717) is 15.6 Å². The summed E-state index contributed by atoms with van der Waals surface area (Å²) < 4.78 is 4.29. The fourth-order valence-electron chi connectivity index (χ4n) is 1.17. The van der Waals surface area contributed by atoms with Crippen molar-refractivity contribution >= 4 is 41.1 Å². The van der Waals surface area contributed by atoms with E-state index in [2.05, 4.69) is 25.5 Å². The Kier molecular flexibility index (Phi) is 3.98. The van der Waals surface area contributed by atoms with Gasteiger partial charge in [0.15, 0.2) is 0 Å². The lowest BCUT2D eigenvalue weighted by atomic mass is 10.2. The van der Waals surface area contributed by atoms with Gasteiger partial charge in [0.2, 0.25) is 11.5 Å². The van der Waals surface area contributed by atoms with Gasteiger partial charge in [-0.3, -0.25) is 4.79 Å². The fraction of sp³-hybridized carbons (Fsp3) is 0. The van der Waals surface area contributed by atoms with Crippen molar-refractivity contribution in [2.75, 3.05) is 5.73 Å². The number of halogens is 2. The summed E-state index contributed by atoms with van der Waals surface area (Å²) in [6.45, 7) is 0. The predicted molar refractivity (Wildman–Crippen MR) is 70.2 cm³/mol. The Labute approximate surface area is 117 Å². The standard InChI is InChI=1S/C10H7Cl2N5O2/c11-6-2-1-5(7(12)3-6)4-14-15-10(18)8-9(13)17-19-16-8/h1-4H,(H2,13,17)(H,15,18)/b14-4+. The van der Waals surface area contributed by atoms with Gasteiger partial charge in [0, 0.05) is 10.6 Å². The number of nitrogens with two attached hydrogens (primary N) is 1. The van der Waals surface area contributed by atoms with E-state index in [4.69, 9.17) is 28.9 Å². The topological polar surface area (TPSA) is 106 Å². The lowest BCUT2D eigenvalue weighted by Gasteiger charge is -1.98. The van der Waals surface area contributed by atoms with E-state index in [1.165, 1.54) is 6.21 Å². The summed E-state index contributed by atoms with van der Waals surface area (Å²) in [5, 5.41) is 11.2. The molecule has 0 aliphatic carbocycles. The molecule has 0 spiro atoms. The van der Waals surface area contributed by atoms with Gasteiger partial charge in [-0.25, -0.2) is 10.1 Å². The molecular weight excluding hydrogens is 293 g/mol. The number of aromatic nitrogens is 2. The maximum Gasteiger partial charge on any atom is 0.297 e. The monoisotopic (exact) mass is 299 g/mol. The van der Waals surface area contributed by atoms with Gasteiger partial charge in [-0.05, 0) is 22.4 Å². The highest BCUT2D eigenvalue weighted by Crippen LogP contribution is 2.19. The molecule has 1 amide bonds. The highest BCUT2D eigenvalue weighted by atomic mass is 35.5. The van der Waals surface area contributed by atoms with Gasteiger partial charge in [0.25, 0.3) is 5.91 Å². The van der Waals surface area contributed by atoms with Crippen molar-refractivity contribution in [1.29, 1.82) is 0 Å². The number of carbonyl (C=O) groups excluding carboxylic acids is 1. The lowest BCUT2D eigenvalue weighted by Crippen LogP contribution is -2.19. The van der Waals surface area contributed by atoms with Crippen LogP contribution in [0.25, 0.3) is 0 Å². The van der Waals surface area contributed by atoms with Crippen molar-refractivity contribution in [3.05, 3.63) is 39.5 Å². The van der Waals surface area contributed by atoms with Crippen LogP contribution in [0.2, 0.25) is 10.0 Å². The Morgan fingerprint density at radius 3 is 2.84 bits per heavy atom.